The number of nitriles is 1. The first-order chi connectivity index (χ1) is 6.98. The van der Waals surface area contributed by atoms with Crippen molar-refractivity contribution in [1.82, 2.24) is 14.5 Å². The molecular formula is C8H12N4O2S. The monoisotopic (exact) mass is 228 g/mol. The molecule has 0 saturated carbocycles. The molecule has 1 atom stereocenters. The van der Waals surface area contributed by atoms with E-state index in [0.29, 0.717) is 0 Å². The summed E-state index contributed by atoms with van der Waals surface area (Å²) in [5.74, 6) is -0.336. The van der Waals surface area contributed by atoms with Gasteiger partial charge >= 0.3 is 0 Å². The lowest BCUT2D eigenvalue weighted by atomic mass is 10.2. The first-order valence-corrected chi connectivity index (χ1v) is 5.77. The van der Waals surface area contributed by atoms with Gasteiger partial charge in [-0.15, -0.1) is 0 Å². The molecule has 82 valence electrons. The van der Waals surface area contributed by atoms with Crippen LogP contribution in [0, 0.1) is 17.2 Å². The van der Waals surface area contributed by atoms with Crippen LogP contribution in [0.5, 0.6) is 0 Å². The van der Waals surface area contributed by atoms with Crippen molar-refractivity contribution in [3.05, 3.63) is 12.4 Å². The van der Waals surface area contributed by atoms with E-state index in [1.807, 2.05) is 6.07 Å². The first kappa shape index (κ1) is 11.7. The van der Waals surface area contributed by atoms with Crippen LogP contribution in [0.3, 0.4) is 0 Å². The van der Waals surface area contributed by atoms with Crippen molar-refractivity contribution in [3.63, 3.8) is 0 Å². The molecule has 1 rings (SSSR count). The Morgan fingerprint density at radius 3 is 2.87 bits per heavy atom. The summed E-state index contributed by atoms with van der Waals surface area (Å²) in [7, 11) is -2.07. The number of nitrogens with zero attached hydrogens (tertiary/aromatic N) is 3. The van der Waals surface area contributed by atoms with E-state index in [2.05, 4.69) is 10.2 Å². The predicted octanol–water partition coefficient (Wildman–Crippen LogP) is 0.190. The number of hydrogen-bond acceptors (Lipinski definition) is 4. The molecular weight excluding hydrogens is 216 g/mol. The van der Waals surface area contributed by atoms with Gasteiger partial charge in [0, 0.05) is 19.8 Å². The SMILES string of the molecule is CC(C#N)CN(C)S(=O)(=O)c1cn[nH]c1. The van der Waals surface area contributed by atoms with Gasteiger partial charge in [-0.2, -0.15) is 14.7 Å². The summed E-state index contributed by atoms with van der Waals surface area (Å²) in [6.45, 7) is 1.84. The first-order valence-electron chi connectivity index (χ1n) is 4.33. The Morgan fingerprint density at radius 2 is 2.40 bits per heavy atom. The fourth-order valence-corrected chi connectivity index (χ4v) is 2.25. The third kappa shape index (κ3) is 2.55. The van der Waals surface area contributed by atoms with Crippen molar-refractivity contribution in [3.8, 4) is 6.07 Å². The minimum atomic E-state index is -3.51. The van der Waals surface area contributed by atoms with Gasteiger partial charge in [-0.05, 0) is 6.92 Å². The summed E-state index contributed by atoms with van der Waals surface area (Å²) < 4.78 is 24.7. The normalized spacial score (nSPS) is 13.7. The van der Waals surface area contributed by atoms with Crippen molar-refractivity contribution in [2.45, 2.75) is 11.8 Å². The van der Waals surface area contributed by atoms with Gasteiger partial charge in [-0.3, -0.25) is 5.10 Å². The minimum absolute atomic E-state index is 0.107. The van der Waals surface area contributed by atoms with E-state index in [1.54, 1.807) is 6.92 Å². The van der Waals surface area contributed by atoms with E-state index in [0.717, 1.165) is 4.31 Å². The number of hydrogen-bond donors (Lipinski definition) is 1. The molecule has 1 heterocycles. The van der Waals surface area contributed by atoms with E-state index in [4.69, 9.17) is 5.26 Å². The van der Waals surface area contributed by atoms with Crippen LogP contribution in [0.25, 0.3) is 0 Å². The van der Waals surface area contributed by atoms with Crippen molar-refractivity contribution in [2.24, 2.45) is 5.92 Å². The molecule has 0 fully saturated rings. The van der Waals surface area contributed by atoms with Crippen LogP contribution in [0.15, 0.2) is 17.3 Å². The van der Waals surface area contributed by atoms with Gasteiger partial charge in [0.15, 0.2) is 0 Å². The number of H-pyrrole nitrogens is 1. The molecule has 1 aromatic heterocycles. The van der Waals surface area contributed by atoms with E-state index < -0.39 is 10.0 Å². The van der Waals surface area contributed by atoms with E-state index in [9.17, 15) is 8.42 Å². The Hall–Kier alpha value is -1.39. The summed E-state index contributed by atoms with van der Waals surface area (Å²) in [4.78, 5) is 0.107. The fraction of sp³-hybridized carbons (Fsp3) is 0.500. The van der Waals surface area contributed by atoms with Gasteiger partial charge in [0.05, 0.1) is 18.2 Å². The zero-order valence-electron chi connectivity index (χ0n) is 8.51. The molecule has 0 aliphatic rings. The Bertz CT molecular complexity index is 445. The highest BCUT2D eigenvalue weighted by molar-refractivity contribution is 7.89. The van der Waals surface area contributed by atoms with Crippen molar-refractivity contribution >= 4 is 10.0 Å². The molecule has 15 heavy (non-hydrogen) atoms. The highest BCUT2D eigenvalue weighted by Crippen LogP contribution is 2.12. The van der Waals surface area contributed by atoms with Crippen LogP contribution in [-0.2, 0) is 10.0 Å². The van der Waals surface area contributed by atoms with Crippen LogP contribution >= 0.6 is 0 Å². The molecule has 0 radical (unpaired) electrons. The standard InChI is InChI=1S/C8H12N4O2S/c1-7(3-9)6-12(2)15(13,14)8-4-10-11-5-8/h4-5,7H,6H2,1-2H3,(H,10,11). The quantitative estimate of drug-likeness (QED) is 0.796. The minimum Gasteiger partial charge on any atom is -0.284 e. The van der Waals surface area contributed by atoms with Gasteiger partial charge in [0.25, 0.3) is 0 Å². The van der Waals surface area contributed by atoms with Crippen LogP contribution in [-0.4, -0.2) is 36.5 Å². The molecule has 6 nitrogen and oxygen atoms in total. The molecule has 1 unspecified atom stereocenters. The molecule has 0 saturated heterocycles. The van der Waals surface area contributed by atoms with Crippen molar-refractivity contribution in [1.29, 1.82) is 5.26 Å². The Kier molecular flexibility index (Phi) is 3.44. The zero-order valence-corrected chi connectivity index (χ0v) is 9.32. The molecule has 1 N–H and O–H groups in total. The van der Waals surface area contributed by atoms with Crippen molar-refractivity contribution < 1.29 is 8.42 Å². The summed E-state index contributed by atoms with van der Waals surface area (Å²) in [5.41, 5.74) is 0. The number of aromatic amines is 1. The summed E-state index contributed by atoms with van der Waals surface area (Å²) in [6.07, 6.45) is 2.55. The third-order valence-electron chi connectivity index (χ3n) is 1.93. The molecule has 0 spiro atoms. The van der Waals surface area contributed by atoms with E-state index >= 15 is 0 Å². The predicted molar refractivity (Wildman–Crippen MR) is 53.2 cm³/mol. The molecule has 7 heteroatoms. The van der Waals surface area contributed by atoms with E-state index in [1.165, 1.54) is 19.4 Å². The lowest BCUT2D eigenvalue weighted by Crippen LogP contribution is -2.30. The second-order valence-corrected chi connectivity index (χ2v) is 5.29. The maximum Gasteiger partial charge on any atom is 0.245 e. The Labute approximate surface area is 88.6 Å². The van der Waals surface area contributed by atoms with Gasteiger partial charge in [-0.25, -0.2) is 8.42 Å². The number of sulfonamides is 1. The maximum atomic E-state index is 11.8. The van der Waals surface area contributed by atoms with Gasteiger partial charge in [-0.1, -0.05) is 0 Å². The topological polar surface area (TPSA) is 89.8 Å². The smallest absolute Gasteiger partial charge is 0.245 e. The molecule has 0 aliphatic carbocycles. The van der Waals surface area contributed by atoms with Gasteiger partial charge in [0.1, 0.15) is 4.90 Å². The second kappa shape index (κ2) is 4.42. The van der Waals surface area contributed by atoms with Gasteiger partial charge in [0.2, 0.25) is 10.0 Å². The Morgan fingerprint density at radius 1 is 1.73 bits per heavy atom. The highest BCUT2D eigenvalue weighted by Gasteiger charge is 2.22. The zero-order chi connectivity index (χ0) is 11.5. The van der Waals surface area contributed by atoms with E-state index in [-0.39, 0.29) is 17.4 Å². The summed E-state index contributed by atoms with van der Waals surface area (Å²) in [6, 6.07) is 1.98. The van der Waals surface area contributed by atoms with Crippen molar-refractivity contribution in [2.75, 3.05) is 13.6 Å². The number of nitrogens with one attached hydrogen (secondary N) is 1. The lowest BCUT2D eigenvalue weighted by Gasteiger charge is -2.16. The van der Waals surface area contributed by atoms with Crippen LogP contribution in [0.1, 0.15) is 6.92 Å². The number of rotatable bonds is 4. The third-order valence-corrected chi connectivity index (χ3v) is 3.72. The lowest BCUT2D eigenvalue weighted by molar-refractivity contribution is 0.439. The fourth-order valence-electron chi connectivity index (χ4n) is 1.08. The molecule has 0 aliphatic heterocycles. The average molecular weight is 228 g/mol. The average Bonchev–Trinajstić information content (AvgIpc) is 2.70. The summed E-state index contributed by atoms with van der Waals surface area (Å²) in [5, 5.41) is 14.6. The molecule has 0 bridgehead atoms. The second-order valence-electron chi connectivity index (χ2n) is 3.25. The maximum absolute atomic E-state index is 11.8. The van der Waals surface area contributed by atoms with Crippen LogP contribution in [0.4, 0.5) is 0 Å². The molecule has 1 aromatic rings. The highest BCUT2D eigenvalue weighted by atomic mass is 32.2. The van der Waals surface area contributed by atoms with Crippen LogP contribution < -0.4 is 0 Å². The van der Waals surface area contributed by atoms with Crippen LogP contribution in [0.2, 0.25) is 0 Å². The molecule has 0 aromatic carbocycles. The Balaban J connectivity index is 2.85. The molecule has 0 amide bonds. The van der Waals surface area contributed by atoms with Gasteiger partial charge < -0.3 is 0 Å². The summed E-state index contributed by atoms with van der Waals surface area (Å²) >= 11 is 0. The largest absolute Gasteiger partial charge is 0.284 e. The number of aromatic nitrogens is 2.